The van der Waals surface area contributed by atoms with Crippen LogP contribution in [0.1, 0.15) is 55.6 Å². The van der Waals surface area contributed by atoms with Gasteiger partial charge < -0.3 is 4.90 Å². The van der Waals surface area contributed by atoms with Crippen molar-refractivity contribution in [2.75, 3.05) is 19.0 Å². The maximum atomic E-state index is 5.03. The largest absolute Gasteiger partial charge is 0.377 e. The fourth-order valence-electron chi connectivity index (χ4n) is 4.17. The van der Waals surface area contributed by atoms with E-state index in [1.54, 1.807) is 0 Å². The first-order valence-electron chi connectivity index (χ1n) is 10.3. The van der Waals surface area contributed by atoms with Crippen LogP contribution in [0.2, 0.25) is 0 Å². The number of benzene rings is 1. The third-order valence-electron chi connectivity index (χ3n) is 5.71. The number of aromatic nitrogens is 5. The van der Waals surface area contributed by atoms with Crippen molar-refractivity contribution in [3.05, 3.63) is 47.5 Å². The Morgan fingerprint density at radius 3 is 2.54 bits per heavy atom. The topological polar surface area (TPSA) is 51.8 Å². The van der Waals surface area contributed by atoms with E-state index in [4.69, 9.17) is 10.1 Å². The molecule has 0 radical (unpaired) electrons. The van der Waals surface area contributed by atoms with Gasteiger partial charge in [0.25, 0.3) is 0 Å². The van der Waals surface area contributed by atoms with Crippen LogP contribution in [0.15, 0.2) is 30.5 Å². The molecule has 1 aliphatic carbocycles. The zero-order valence-electron chi connectivity index (χ0n) is 17.4. The van der Waals surface area contributed by atoms with Gasteiger partial charge in [0.15, 0.2) is 11.6 Å². The van der Waals surface area contributed by atoms with Crippen LogP contribution in [0.5, 0.6) is 0 Å². The standard InChI is InChI=1S/C22H30N6/c1-5-27-15-19(16(2)24-27)22-23-21(17-10-6-7-11-17)25-28(22)14-18-12-8-9-13-20(18)26(3)4/h8-9,12-13,15,17H,5-7,10-11,14H2,1-4H3. The Kier molecular flexibility index (Phi) is 5.20. The fraction of sp³-hybridized carbons (Fsp3) is 0.500. The molecule has 2 heterocycles. The second-order valence-electron chi connectivity index (χ2n) is 7.94. The zero-order valence-corrected chi connectivity index (χ0v) is 17.4. The van der Waals surface area contributed by atoms with Crippen LogP contribution in [-0.4, -0.2) is 38.6 Å². The molecule has 3 aromatic rings. The maximum absolute atomic E-state index is 5.03. The third kappa shape index (κ3) is 3.55. The second-order valence-corrected chi connectivity index (χ2v) is 7.94. The number of hydrogen-bond donors (Lipinski definition) is 0. The predicted octanol–water partition coefficient (Wildman–Crippen LogP) is 4.24. The molecule has 0 amide bonds. The molecular weight excluding hydrogens is 348 g/mol. The van der Waals surface area contributed by atoms with E-state index in [0.29, 0.717) is 12.5 Å². The van der Waals surface area contributed by atoms with Gasteiger partial charge in [-0.15, -0.1) is 0 Å². The SMILES string of the molecule is CCn1cc(-c2nc(C3CCCC3)nn2Cc2ccccc2N(C)C)c(C)n1. The van der Waals surface area contributed by atoms with Gasteiger partial charge in [0.05, 0.1) is 17.8 Å². The van der Waals surface area contributed by atoms with E-state index in [-0.39, 0.29) is 0 Å². The highest BCUT2D eigenvalue weighted by Gasteiger charge is 2.25. The second kappa shape index (κ2) is 7.78. The molecule has 2 aromatic heterocycles. The fourth-order valence-corrected chi connectivity index (χ4v) is 4.17. The molecule has 0 aliphatic heterocycles. The van der Waals surface area contributed by atoms with Crippen molar-refractivity contribution >= 4 is 5.69 Å². The summed E-state index contributed by atoms with van der Waals surface area (Å²) in [7, 11) is 4.17. The number of rotatable bonds is 6. The van der Waals surface area contributed by atoms with Crippen LogP contribution in [0.4, 0.5) is 5.69 Å². The summed E-state index contributed by atoms with van der Waals surface area (Å²) in [6.45, 7) is 5.73. The summed E-state index contributed by atoms with van der Waals surface area (Å²) in [5.74, 6) is 2.43. The lowest BCUT2D eigenvalue weighted by atomic mass is 10.1. The first kappa shape index (κ1) is 18.7. The lowest BCUT2D eigenvalue weighted by molar-refractivity contribution is 0.626. The molecular formula is C22H30N6. The highest BCUT2D eigenvalue weighted by Crippen LogP contribution is 2.34. The summed E-state index contributed by atoms with van der Waals surface area (Å²) < 4.78 is 4.06. The molecule has 1 aliphatic rings. The van der Waals surface area contributed by atoms with Gasteiger partial charge in [-0.05, 0) is 38.3 Å². The molecule has 1 aromatic carbocycles. The van der Waals surface area contributed by atoms with Gasteiger partial charge in [0, 0.05) is 38.4 Å². The van der Waals surface area contributed by atoms with Crippen molar-refractivity contribution in [3.8, 4) is 11.4 Å². The number of nitrogens with zero attached hydrogens (tertiary/aromatic N) is 6. The molecule has 4 rings (SSSR count). The van der Waals surface area contributed by atoms with E-state index in [9.17, 15) is 0 Å². The third-order valence-corrected chi connectivity index (χ3v) is 5.71. The van der Waals surface area contributed by atoms with Gasteiger partial charge in [-0.2, -0.15) is 10.2 Å². The van der Waals surface area contributed by atoms with Crippen molar-refractivity contribution < 1.29 is 0 Å². The predicted molar refractivity (Wildman–Crippen MR) is 113 cm³/mol. The molecule has 0 N–H and O–H groups in total. The quantitative estimate of drug-likeness (QED) is 0.644. The summed E-state index contributed by atoms with van der Waals surface area (Å²) in [4.78, 5) is 7.18. The summed E-state index contributed by atoms with van der Waals surface area (Å²) in [6, 6.07) is 8.51. The van der Waals surface area contributed by atoms with Gasteiger partial charge in [-0.3, -0.25) is 4.68 Å². The first-order valence-corrected chi connectivity index (χ1v) is 10.3. The van der Waals surface area contributed by atoms with Crippen LogP contribution in [0, 0.1) is 6.92 Å². The van der Waals surface area contributed by atoms with E-state index in [1.807, 2.05) is 4.68 Å². The molecule has 1 saturated carbocycles. The van der Waals surface area contributed by atoms with Crippen LogP contribution in [-0.2, 0) is 13.1 Å². The van der Waals surface area contributed by atoms with Crippen LogP contribution >= 0.6 is 0 Å². The highest BCUT2D eigenvalue weighted by molar-refractivity contribution is 5.58. The summed E-state index contributed by atoms with van der Waals surface area (Å²) in [5.41, 5.74) is 4.56. The molecule has 0 atom stereocenters. The number of hydrogen-bond acceptors (Lipinski definition) is 4. The van der Waals surface area contributed by atoms with E-state index in [2.05, 4.69) is 73.1 Å². The minimum Gasteiger partial charge on any atom is -0.377 e. The summed E-state index contributed by atoms with van der Waals surface area (Å²) >= 11 is 0. The Labute approximate surface area is 167 Å². The summed E-state index contributed by atoms with van der Waals surface area (Å²) in [6.07, 6.45) is 7.07. The van der Waals surface area contributed by atoms with Crippen LogP contribution < -0.4 is 4.90 Å². The van der Waals surface area contributed by atoms with Crippen molar-refractivity contribution in [2.45, 2.75) is 58.5 Å². The van der Waals surface area contributed by atoms with Crippen molar-refractivity contribution in [3.63, 3.8) is 0 Å². The Morgan fingerprint density at radius 2 is 1.86 bits per heavy atom. The number of anilines is 1. The minimum absolute atomic E-state index is 0.491. The van der Waals surface area contributed by atoms with E-state index >= 15 is 0 Å². The van der Waals surface area contributed by atoms with Crippen LogP contribution in [0.25, 0.3) is 11.4 Å². The Morgan fingerprint density at radius 1 is 1.11 bits per heavy atom. The molecule has 0 spiro atoms. The smallest absolute Gasteiger partial charge is 0.162 e. The molecule has 0 bridgehead atoms. The maximum Gasteiger partial charge on any atom is 0.162 e. The van der Waals surface area contributed by atoms with Gasteiger partial charge in [0.2, 0.25) is 0 Å². The molecule has 0 saturated heterocycles. The zero-order chi connectivity index (χ0) is 19.7. The number of para-hydroxylation sites is 1. The van der Waals surface area contributed by atoms with Gasteiger partial charge in [0.1, 0.15) is 0 Å². The normalized spacial score (nSPS) is 14.7. The van der Waals surface area contributed by atoms with E-state index < -0.39 is 0 Å². The number of aryl methyl sites for hydroxylation is 2. The minimum atomic E-state index is 0.491. The Hall–Kier alpha value is -2.63. The highest BCUT2D eigenvalue weighted by atomic mass is 15.4. The average molecular weight is 379 g/mol. The lowest BCUT2D eigenvalue weighted by Crippen LogP contribution is -2.14. The monoisotopic (exact) mass is 378 g/mol. The van der Waals surface area contributed by atoms with Gasteiger partial charge in [-0.25, -0.2) is 9.67 Å². The lowest BCUT2D eigenvalue weighted by Gasteiger charge is -2.17. The van der Waals surface area contributed by atoms with Crippen molar-refractivity contribution in [1.82, 2.24) is 24.5 Å². The van der Waals surface area contributed by atoms with Crippen molar-refractivity contribution in [2.24, 2.45) is 0 Å². The Balaban J connectivity index is 1.78. The molecule has 28 heavy (non-hydrogen) atoms. The first-order chi connectivity index (χ1) is 13.6. The molecule has 6 heteroatoms. The molecule has 148 valence electrons. The summed E-state index contributed by atoms with van der Waals surface area (Å²) in [5, 5.41) is 9.62. The van der Waals surface area contributed by atoms with E-state index in [0.717, 1.165) is 29.5 Å². The van der Waals surface area contributed by atoms with Crippen molar-refractivity contribution in [1.29, 1.82) is 0 Å². The molecule has 0 unspecified atom stereocenters. The Bertz CT molecular complexity index is 946. The van der Waals surface area contributed by atoms with Crippen LogP contribution in [0.3, 0.4) is 0 Å². The molecule has 1 fully saturated rings. The molecule has 6 nitrogen and oxygen atoms in total. The average Bonchev–Trinajstić information content (AvgIpc) is 3.41. The van der Waals surface area contributed by atoms with Gasteiger partial charge in [-0.1, -0.05) is 31.0 Å². The van der Waals surface area contributed by atoms with E-state index in [1.165, 1.54) is 36.9 Å². The van der Waals surface area contributed by atoms with Gasteiger partial charge >= 0.3 is 0 Å².